The molecule has 3 aromatic carbocycles. The molecule has 0 fully saturated rings. The summed E-state index contributed by atoms with van der Waals surface area (Å²) in [4.78, 5) is 21.2. The molecule has 160 valence electrons. The first-order valence-electron chi connectivity index (χ1n) is 10.3. The lowest BCUT2D eigenvalue weighted by Gasteiger charge is -2.10. The quantitative estimate of drug-likeness (QED) is 0.343. The Labute approximate surface area is 195 Å². The minimum absolute atomic E-state index is 0.198. The Bertz CT molecular complexity index is 1410. The highest BCUT2D eigenvalue weighted by Gasteiger charge is 2.11. The van der Waals surface area contributed by atoms with Crippen LogP contribution in [0.15, 0.2) is 102 Å². The van der Waals surface area contributed by atoms with Gasteiger partial charge in [0.2, 0.25) is 5.89 Å². The van der Waals surface area contributed by atoms with Crippen molar-refractivity contribution in [2.75, 3.05) is 5.32 Å². The van der Waals surface area contributed by atoms with Crippen molar-refractivity contribution < 1.29 is 9.21 Å². The minimum Gasteiger partial charge on any atom is -0.434 e. The number of nitrogens with zero attached hydrogens (tertiary/aromatic N) is 2. The van der Waals surface area contributed by atoms with E-state index in [-0.39, 0.29) is 11.0 Å². The molecule has 5 aromatic rings. The second-order valence-electron chi connectivity index (χ2n) is 7.28. The van der Waals surface area contributed by atoms with Crippen molar-refractivity contribution in [2.45, 2.75) is 0 Å². The summed E-state index contributed by atoms with van der Waals surface area (Å²) in [6.45, 7) is 0. The van der Waals surface area contributed by atoms with Gasteiger partial charge in [0.25, 0.3) is 5.91 Å². The third kappa shape index (κ3) is 4.63. The lowest BCUT2D eigenvalue weighted by molar-refractivity contribution is 0.0977. The molecule has 0 atom stereocenters. The topological polar surface area (TPSA) is 80.0 Å². The van der Waals surface area contributed by atoms with Crippen LogP contribution in [0.5, 0.6) is 0 Å². The Hall–Kier alpha value is -4.36. The van der Waals surface area contributed by atoms with E-state index in [1.54, 1.807) is 24.4 Å². The summed E-state index contributed by atoms with van der Waals surface area (Å²) in [6.07, 6.45) is 1.67. The molecule has 0 spiro atoms. The molecular weight excluding hydrogens is 432 g/mol. The summed E-state index contributed by atoms with van der Waals surface area (Å²) in [5, 5.41) is 5.95. The van der Waals surface area contributed by atoms with Gasteiger partial charge < -0.3 is 9.73 Å². The van der Waals surface area contributed by atoms with E-state index in [2.05, 4.69) is 20.6 Å². The van der Waals surface area contributed by atoms with Crippen molar-refractivity contribution in [3.05, 3.63) is 103 Å². The summed E-state index contributed by atoms with van der Waals surface area (Å²) >= 11 is 5.33. The van der Waals surface area contributed by atoms with Gasteiger partial charge in [-0.05, 0) is 65.8 Å². The van der Waals surface area contributed by atoms with Crippen molar-refractivity contribution in [1.82, 2.24) is 15.3 Å². The number of rotatable bonds is 4. The number of fused-ring (bicyclic) bond motifs is 1. The maximum absolute atomic E-state index is 12.6. The lowest BCUT2D eigenvalue weighted by atomic mass is 10.0. The minimum atomic E-state index is -0.284. The largest absolute Gasteiger partial charge is 0.434 e. The summed E-state index contributed by atoms with van der Waals surface area (Å²) in [5.41, 5.74) is 5.29. The zero-order valence-electron chi connectivity index (χ0n) is 17.4. The van der Waals surface area contributed by atoms with Gasteiger partial charge in [0.1, 0.15) is 0 Å². The summed E-state index contributed by atoms with van der Waals surface area (Å²) < 4.78 is 5.77. The van der Waals surface area contributed by atoms with Crippen molar-refractivity contribution in [2.24, 2.45) is 0 Å². The molecule has 33 heavy (non-hydrogen) atoms. The van der Waals surface area contributed by atoms with E-state index in [0.29, 0.717) is 28.4 Å². The molecule has 6 nitrogen and oxygen atoms in total. The van der Waals surface area contributed by atoms with Crippen LogP contribution >= 0.6 is 12.2 Å². The van der Waals surface area contributed by atoms with Gasteiger partial charge in [-0.25, -0.2) is 4.98 Å². The molecule has 0 unspecified atom stereocenters. The number of oxazole rings is 1. The van der Waals surface area contributed by atoms with Gasteiger partial charge >= 0.3 is 0 Å². The van der Waals surface area contributed by atoms with Crippen LogP contribution in [-0.2, 0) is 0 Å². The Balaban J connectivity index is 1.25. The lowest BCUT2D eigenvalue weighted by Crippen LogP contribution is -2.34. The molecule has 0 aliphatic carbocycles. The van der Waals surface area contributed by atoms with Gasteiger partial charge in [-0.3, -0.25) is 10.1 Å². The second-order valence-corrected chi connectivity index (χ2v) is 7.68. The van der Waals surface area contributed by atoms with E-state index >= 15 is 0 Å². The molecule has 0 radical (unpaired) electrons. The number of aromatic nitrogens is 2. The normalized spacial score (nSPS) is 10.7. The highest BCUT2D eigenvalue weighted by molar-refractivity contribution is 7.80. The van der Waals surface area contributed by atoms with Crippen LogP contribution in [0.1, 0.15) is 10.4 Å². The molecule has 2 heterocycles. The van der Waals surface area contributed by atoms with E-state index in [1.807, 2.05) is 72.8 Å². The molecule has 0 saturated heterocycles. The molecular formula is C26H18N4O2S. The third-order valence-electron chi connectivity index (χ3n) is 5.01. The van der Waals surface area contributed by atoms with Crippen LogP contribution in [-0.4, -0.2) is 21.0 Å². The number of benzene rings is 3. The molecule has 2 aromatic heterocycles. The zero-order valence-corrected chi connectivity index (χ0v) is 18.2. The third-order valence-corrected chi connectivity index (χ3v) is 5.22. The maximum Gasteiger partial charge on any atom is 0.257 e. The summed E-state index contributed by atoms with van der Waals surface area (Å²) in [6, 6.07) is 28.4. The van der Waals surface area contributed by atoms with E-state index < -0.39 is 0 Å². The van der Waals surface area contributed by atoms with E-state index in [0.717, 1.165) is 16.7 Å². The Kier molecular flexibility index (Phi) is 5.61. The second kappa shape index (κ2) is 9.02. The first-order valence-corrected chi connectivity index (χ1v) is 10.7. The van der Waals surface area contributed by atoms with Crippen LogP contribution in [0.25, 0.3) is 33.8 Å². The highest BCUT2D eigenvalue weighted by Crippen LogP contribution is 2.25. The number of pyridine rings is 1. The molecule has 0 saturated carbocycles. The number of amides is 1. The van der Waals surface area contributed by atoms with Gasteiger partial charge in [0, 0.05) is 23.0 Å². The van der Waals surface area contributed by atoms with Gasteiger partial charge in [0.15, 0.2) is 16.3 Å². The van der Waals surface area contributed by atoms with Gasteiger partial charge in [-0.1, -0.05) is 48.5 Å². The molecule has 5 rings (SSSR count). The number of carbonyl (C=O) groups is 1. The monoisotopic (exact) mass is 450 g/mol. The Morgan fingerprint density at radius 3 is 2.36 bits per heavy atom. The zero-order chi connectivity index (χ0) is 22.6. The summed E-state index contributed by atoms with van der Waals surface area (Å²) in [5.74, 6) is 0.175. The molecule has 2 N–H and O–H groups in total. The van der Waals surface area contributed by atoms with Crippen LogP contribution in [0.2, 0.25) is 0 Å². The standard InChI is InChI=1S/C26H18N4O2S/c31-24(19-13-11-18(12-14-19)17-6-2-1-3-7-17)30-26(33)28-21-9-4-8-20(16-21)25-29-23-22(32-25)10-5-15-27-23/h1-16H,(H2,28,30,31,33). The van der Waals surface area contributed by atoms with Crippen molar-refractivity contribution >= 4 is 40.2 Å². The van der Waals surface area contributed by atoms with E-state index in [1.165, 1.54) is 0 Å². The van der Waals surface area contributed by atoms with Crippen molar-refractivity contribution in [1.29, 1.82) is 0 Å². The maximum atomic E-state index is 12.6. The fourth-order valence-electron chi connectivity index (χ4n) is 3.40. The number of carbonyl (C=O) groups excluding carboxylic acids is 1. The molecule has 0 aliphatic rings. The van der Waals surface area contributed by atoms with Crippen LogP contribution in [0, 0.1) is 0 Å². The van der Waals surface area contributed by atoms with Gasteiger partial charge in [-0.2, -0.15) is 4.98 Å². The Morgan fingerprint density at radius 2 is 1.58 bits per heavy atom. The first kappa shape index (κ1) is 20.5. The fourth-order valence-corrected chi connectivity index (χ4v) is 3.62. The fraction of sp³-hybridized carbons (Fsp3) is 0. The number of nitrogens with one attached hydrogen (secondary N) is 2. The molecule has 7 heteroatoms. The van der Waals surface area contributed by atoms with Crippen LogP contribution in [0.3, 0.4) is 0 Å². The summed E-state index contributed by atoms with van der Waals surface area (Å²) in [7, 11) is 0. The first-order chi connectivity index (χ1) is 16.2. The predicted molar refractivity (Wildman–Crippen MR) is 133 cm³/mol. The van der Waals surface area contributed by atoms with Gasteiger partial charge in [-0.15, -0.1) is 0 Å². The van der Waals surface area contributed by atoms with Crippen molar-refractivity contribution in [3.8, 4) is 22.6 Å². The SMILES string of the molecule is O=C(NC(=S)Nc1cccc(-c2nc3ncccc3o2)c1)c1ccc(-c2ccccc2)cc1. The molecule has 0 bridgehead atoms. The van der Waals surface area contributed by atoms with E-state index in [4.69, 9.17) is 16.6 Å². The number of thiocarbonyl (C=S) groups is 1. The van der Waals surface area contributed by atoms with Gasteiger partial charge in [0.05, 0.1) is 0 Å². The van der Waals surface area contributed by atoms with Crippen LogP contribution in [0.4, 0.5) is 5.69 Å². The number of anilines is 1. The number of hydrogen-bond acceptors (Lipinski definition) is 5. The molecule has 1 amide bonds. The van der Waals surface area contributed by atoms with Crippen molar-refractivity contribution in [3.63, 3.8) is 0 Å². The Morgan fingerprint density at radius 1 is 0.818 bits per heavy atom. The number of hydrogen-bond donors (Lipinski definition) is 2. The highest BCUT2D eigenvalue weighted by atomic mass is 32.1. The molecule has 0 aliphatic heterocycles. The van der Waals surface area contributed by atoms with Crippen LogP contribution < -0.4 is 10.6 Å². The predicted octanol–water partition coefficient (Wildman–Crippen LogP) is 5.68. The smallest absolute Gasteiger partial charge is 0.257 e. The average Bonchev–Trinajstić information content (AvgIpc) is 3.29. The van der Waals surface area contributed by atoms with E-state index in [9.17, 15) is 4.79 Å². The average molecular weight is 451 g/mol.